The highest BCUT2D eigenvalue weighted by Crippen LogP contribution is 2.22. The number of carbonyl (C=O) groups excluding carboxylic acids is 2. The topological polar surface area (TPSA) is 123 Å². The Morgan fingerprint density at radius 3 is 2.50 bits per heavy atom. The molecule has 0 aliphatic rings. The standard InChI is InChI=1S/C16H17N5O4S/c1-7-10(4)26-16(17-7)20-14(23)12-6-24-15(18-12)19-13(22)5-11-8(2)21-25-9(11)3/h6H,5H2,1-4H3,(H,17,20,23)(H,18,19,22). The smallest absolute Gasteiger partial charge is 0.302 e. The third-order valence-corrected chi connectivity index (χ3v) is 4.74. The van der Waals surface area contributed by atoms with Crippen molar-refractivity contribution in [2.75, 3.05) is 10.6 Å². The minimum absolute atomic E-state index is 0.0446. The number of hydrogen-bond donors (Lipinski definition) is 2. The van der Waals surface area contributed by atoms with Gasteiger partial charge < -0.3 is 8.94 Å². The average Bonchev–Trinajstić information content (AvgIpc) is 3.24. The van der Waals surface area contributed by atoms with Gasteiger partial charge in [0.1, 0.15) is 12.0 Å². The van der Waals surface area contributed by atoms with Crippen molar-refractivity contribution in [3.05, 3.63) is 39.5 Å². The van der Waals surface area contributed by atoms with Gasteiger partial charge in [0.15, 0.2) is 10.8 Å². The lowest BCUT2D eigenvalue weighted by atomic mass is 10.1. The van der Waals surface area contributed by atoms with E-state index in [-0.39, 0.29) is 24.0 Å². The van der Waals surface area contributed by atoms with Crippen molar-refractivity contribution >= 4 is 34.3 Å². The Morgan fingerprint density at radius 2 is 1.88 bits per heavy atom. The van der Waals surface area contributed by atoms with Crippen molar-refractivity contribution in [1.82, 2.24) is 15.1 Å². The molecule has 9 nitrogen and oxygen atoms in total. The first kappa shape index (κ1) is 17.8. The molecule has 0 unspecified atom stereocenters. The molecule has 3 rings (SSSR count). The number of carbonyl (C=O) groups is 2. The number of nitrogens with zero attached hydrogens (tertiary/aromatic N) is 3. The first-order valence-corrected chi connectivity index (χ1v) is 8.57. The summed E-state index contributed by atoms with van der Waals surface area (Å²) in [6, 6.07) is -0.0570. The minimum atomic E-state index is -0.464. The van der Waals surface area contributed by atoms with E-state index < -0.39 is 5.91 Å². The van der Waals surface area contributed by atoms with Gasteiger partial charge in [-0.1, -0.05) is 5.16 Å². The van der Waals surface area contributed by atoms with Gasteiger partial charge >= 0.3 is 6.01 Å². The Labute approximate surface area is 152 Å². The molecule has 3 aromatic heterocycles. The van der Waals surface area contributed by atoms with Gasteiger partial charge in [-0.05, 0) is 27.7 Å². The van der Waals surface area contributed by atoms with E-state index in [2.05, 4.69) is 25.8 Å². The molecule has 10 heteroatoms. The van der Waals surface area contributed by atoms with Crippen LogP contribution in [0.3, 0.4) is 0 Å². The fourth-order valence-electron chi connectivity index (χ4n) is 2.20. The second-order valence-corrected chi connectivity index (χ2v) is 6.88. The summed E-state index contributed by atoms with van der Waals surface area (Å²) < 4.78 is 10.2. The largest absolute Gasteiger partial charge is 0.431 e. The zero-order valence-corrected chi connectivity index (χ0v) is 15.5. The number of rotatable bonds is 5. The van der Waals surface area contributed by atoms with E-state index in [1.165, 1.54) is 17.6 Å². The Morgan fingerprint density at radius 1 is 1.12 bits per heavy atom. The third-order valence-electron chi connectivity index (χ3n) is 3.75. The maximum Gasteiger partial charge on any atom is 0.302 e. The number of aromatic nitrogens is 3. The predicted molar refractivity (Wildman–Crippen MR) is 94.4 cm³/mol. The summed E-state index contributed by atoms with van der Waals surface area (Å²) in [7, 11) is 0. The fourth-order valence-corrected chi connectivity index (χ4v) is 3.01. The summed E-state index contributed by atoms with van der Waals surface area (Å²) in [4.78, 5) is 33.5. The van der Waals surface area contributed by atoms with Gasteiger partial charge in [0.25, 0.3) is 5.91 Å². The van der Waals surface area contributed by atoms with Gasteiger partial charge in [0.05, 0.1) is 17.8 Å². The van der Waals surface area contributed by atoms with Crippen molar-refractivity contribution in [3.8, 4) is 0 Å². The molecular formula is C16H17N5O4S. The van der Waals surface area contributed by atoms with Crippen LogP contribution in [0.1, 0.15) is 38.1 Å². The monoisotopic (exact) mass is 375 g/mol. The Bertz CT molecular complexity index is 932. The van der Waals surface area contributed by atoms with E-state index in [1.807, 2.05) is 13.8 Å². The number of amides is 2. The molecule has 136 valence electrons. The van der Waals surface area contributed by atoms with Gasteiger partial charge in [-0.2, -0.15) is 4.98 Å². The number of nitrogens with one attached hydrogen (secondary N) is 2. The van der Waals surface area contributed by atoms with Gasteiger partial charge in [0.2, 0.25) is 5.91 Å². The van der Waals surface area contributed by atoms with E-state index in [0.29, 0.717) is 22.1 Å². The summed E-state index contributed by atoms with van der Waals surface area (Å²) in [5, 5.41) is 9.44. The van der Waals surface area contributed by atoms with Crippen LogP contribution in [0.15, 0.2) is 15.2 Å². The maximum atomic E-state index is 12.2. The molecule has 2 N–H and O–H groups in total. The number of hydrogen-bond acceptors (Lipinski definition) is 8. The zero-order chi connectivity index (χ0) is 18.8. The van der Waals surface area contributed by atoms with Crippen molar-refractivity contribution in [2.24, 2.45) is 0 Å². The Kier molecular flexibility index (Phi) is 4.85. The lowest BCUT2D eigenvalue weighted by Gasteiger charge is -2.00. The highest BCUT2D eigenvalue weighted by molar-refractivity contribution is 7.15. The number of aryl methyl sites for hydroxylation is 4. The predicted octanol–water partition coefficient (Wildman–Crippen LogP) is 2.79. The van der Waals surface area contributed by atoms with E-state index in [1.54, 1.807) is 13.8 Å². The summed E-state index contributed by atoms with van der Waals surface area (Å²) in [6.07, 6.45) is 1.25. The van der Waals surface area contributed by atoms with Crippen LogP contribution in [-0.4, -0.2) is 26.9 Å². The number of thiazole rings is 1. The molecule has 0 saturated heterocycles. The van der Waals surface area contributed by atoms with Crippen LogP contribution >= 0.6 is 11.3 Å². The molecule has 0 aliphatic heterocycles. The lowest BCUT2D eigenvalue weighted by Crippen LogP contribution is -2.16. The molecular weight excluding hydrogens is 358 g/mol. The van der Waals surface area contributed by atoms with E-state index in [0.717, 1.165) is 10.6 Å². The molecule has 0 bridgehead atoms. The molecule has 2 amide bonds. The molecule has 0 atom stereocenters. The second-order valence-electron chi connectivity index (χ2n) is 5.68. The quantitative estimate of drug-likeness (QED) is 0.703. The molecule has 0 aromatic carbocycles. The molecule has 0 fully saturated rings. The van der Waals surface area contributed by atoms with Crippen molar-refractivity contribution in [3.63, 3.8) is 0 Å². The molecule has 0 radical (unpaired) electrons. The summed E-state index contributed by atoms with van der Waals surface area (Å²) in [5.41, 5.74) is 2.27. The zero-order valence-electron chi connectivity index (χ0n) is 14.7. The molecule has 0 saturated carbocycles. The SMILES string of the molecule is Cc1nc(NC(=O)c2coc(NC(=O)Cc3c(C)noc3C)n2)sc1C. The molecule has 0 spiro atoms. The highest BCUT2D eigenvalue weighted by atomic mass is 32.1. The molecule has 3 heterocycles. The Balaban J connectivity index is 1.62. The van der Waals surface area contributed by atoms with Crippen molar-refractivity contribution in [1.29, 1.82) is 0 Å². The van der Waals surface area contributed by atoms with Gasteiger partial charge in [-0.25, -0.2) is 4.98 Å². The van der Waals surface area contributed by atoms with Crippen LogP contribution in [0.25, 0.3) is 0 Å². The Hall–Kier alpha value is -3.01. The summed E-state index contributed by atoms with van der Waals surface area (Å²) in [6.45, 7) is 7.28. The second kappa shape index (κ2) is 7.08. The molecule has 3 aromatic rings. The van der Waals surface area contributed by atoms with Crippen molar-refractivity contribution < 1.29 is 18.5 Å². The highest BCUT2D eigenvalue weighted by Gasteiger charge is 2.18. The van der Waals surface area contributed by atoms with E-state index >= 15 is 0 Å². The number of oxazole rings is 1. The van der Waals surface area contributed by atoms with Crippen LogP contribution in [0, 0.1) is 27.7 Å². The minimum Gasteiger partial charge on any atom is -0.431 e. The van der Waals surface area contributed by atoms with E-state index in [4.69, 9.17) is 8.94 Å². The van der Waals surface area contributed by atoms with Crippen LogP contribution in [-0.2, 0) is 11.2 Å². The van der Waals surface area contributed by atoms with Gasteiger partial charge in [-0.15, -0.1) is 11.3 Å². The summed E-state index contributed by atoms with van der Waals surface area (Å²) >= 11 is 1.37. The normalized spacial score (nSPS) is 10.8. The van der Waals surface area contributed by atoms with E-state index in [9.17, 15) is 9.59 Å². The third kappa shape index (κ3) is 3.80. The lowest BCUT2D eigenvalue weighted by molar-refractivity contribution is -0.115. The first-order valence-electron chi connectivity index (χ1n) is 7.76. The van der Waals surface area contributed by atoms with Crippen LogP contribution in [0.2, 0.25) is 0 Å². The molecule has 26 heavy (non-hydrogen) atoms. The first-order chi connectivity index (χ1) is 12.3. The van der Waals surface area contributed by atoms with Crippen LogP contribution in [0.5, 0.6) is 0 Å². The van der Waals surface area contributed by atoms with Crippen LogP contribution in [0.4, 0.5) is 11.1 Å². The van der Waals surface area contributed by atoms with Gasteiger partial charge in [-0.3, -0.25) is 20.2 Å². The average molecular weight is 375 g/mol. The fraction of sp³-hybridized carbons (Fsp3) is 0.312. The van der Waals surface area contributed by atoms with Gasteiger partial charge in [0, 0.05) is 10.4 Å². The van der Waals surface area contributed by atoms with Crippen LogP contribution < -0.4 is 10.6 Å². The maximum absolute atomic E-state index is 12.2. The number of anilines is 2. The molecule has 0 aliphatic carbocycles. The van der Waals surface area contributed by atoms with Crippen molar-refractivity contribution in [2.45, 2.75) is 34.1 Å². The summed E-state index contributed by atoms with van der Waals surface area (Å²) in [5.74, 6) is -0.229.